The van der Waals surface area contributed by atoms with Gasteiger partial charge in [0.25, 0.3) is 0 Å². The number of hydrogen-bond donors (Lipinski definition) is 1. The van der Waals surface area contributed by atoms with E-state index in [2.05, 4.69) is 42.2 Å². The van der Waals surface area contributed by atoms with Gasteiger partial charge < -0.3 is 10.5 Å². The third-order valence-corrected chi connectivity index (χ3v) is 5.12. The summed E-state index contributed by atoms with van der Waals surface area (Å²) in [6, 6.07) is 26.0. The average Bonchev–Trinajstić information content (AvgIpc) is 2.74. The van der Waals surface area contributed by atoms with Gasteiger partial charge in [-0.05, 0) is 35.2 Å². The van der Waals surface area contributed by atoms with Crippen LogP contribution in [-0.4, -0.2) is 11.4 Å². The first kappa shape index (κ1) is 20.7. The quantitative estimate of drug-likeness (QED) is 0.291. The zero-order chi connectivity index (χ0) is 20.5. The lowest BCUT2D eigenvalue weighted by Crippen LogP contribution is -2.06. The molecule has 2 N–H and O–H groups in total. The second-order valence-electron chi connectivity index (χ2n) is 6.79. The number of nitrogens with zero attached hydrogens (tertiary/aromatic N) is 2. The standard InChI is InChI=1S/C24H25N3OS/c1-18(2)21-13-7-9-15-23(21)28-22-14-8-6-12-20(22)16-26-27-24(25)29-17-19-10-4-3-5-11-19/h3-16,18H,17H2,1-2H3,(H2,25,27). The fraction of sp³-hybridized carbons (Fsp3) is 0.167. The Morgan fingerprint density at radius 3 is 2.34 bits per heavy atom. The highest BCUT2D eigenvalue weighted by atomic mass is 32.2. The molecule has 0 radical (unpaired) electrons. The molecule has 0 bridgehead atoms. The molecule has 5 heteroatoms. The van der Waals surface area contributed by atoms with Crippen LogP contribution < -0.4 is 10.5 Å². The van der Waals surface area contributed by atoms with Crippen LogP contribution in [0.4, 0.5) is 0 Å². The van der Waals surface area contributed by atoms with E-state index < -0.39 is 0 Å². The van der Waals surface area contributed by atoms with Gasteiger partial charge in [0.05, 0.1) is 6.21 Å². The molecule has 0 amide bonds. The number of rotatable bonds is 7. The summed E-state index contributed by atoms with van der Waals surface area (Å²) in [6.45, 7) is 4.31. The molecule has 0 aliphatic heterocycles. The van der Waals surface area contributed by atoms with E-state index in [1.165, 1.54) is 22.9 Å². The molecule has 148 valence electrons. The molecule has 0 saturated carbocycles. The van der Waals surface area contributed by atoms with Crippen molar-refractivity contribution in [2.24, 2.45) is 15.9 Å². The lowest BCUT2D eigenvalue weighted by Gasteiger charge is -2.14. The number of thioether (sulfide) groups is 1. The van der Waals surface area contributed by atoms with Crippen LogP contribution in [0, 0.1) is 0 Å². The van der Waals surface area contributed by atoms with Crippen LogP contribution in [0.25, 0.3) is 0 Å². The Morgan fingerprint density at radius 1 is 0.931 bits per heavy atom. The lowest BCUT2D eigenvalue weighted by atomic mass is 10.0. The van der Waals surface area contributed by atoms with E-state index in [0.717, 1.165) is 22.8 Å². The van der Waals surface area contributed by atoms with Crippen LogP contribution in [0.15, 0.2) is 89.1 Å². The topological polar surface area (TPSA) is 60.0 Å². The van der Waals surface area contributed by atoms with Crippen LogP contribution in [0.3, 0.4) is 0 Å². The average molecular weight is 404 g/mol. The number of para-hydroxylation sites is 2. The zero-order valence-electron chi connectivity index (χ0n) is 16.7. The summed E-state index contributed by atoms with van der Waals surface area (Å²) < 4.78 is 6.19. The van der Waals surface area contributed by atoms with E-state index in [1.54, 1.807) is 6.21 Å². The summed E-state index contributed by atoms with van der Waals surface area (Å²) >= 11 is 1.46. The Bertz CT molecular complexity index is 984. The van der Waals surface area contributed by atoms with E-state index in [-0.39, 0.29) is 0 Å². The zero-order valence-corrected chi connectivity index (χ0v) is 17.5. The minimum Gasteiger partial charge on any atom is -0.456 e. The molecule has 3 aromatic rings. The van der Waals surface area contributed by atoms with Crippen molar-refractivity contribution in [3.63, 3.8) is 0 Å². The fourth-order valence-electron chi connectivity index (χ4n) is 2.76. The number of ether oxygens (including phenoxy) is 1. The van der Waals surface area contributed by atoms with Gasteiger partial charge in [0.15, 0.2) is 5.17 Å². The smallest absolute Gasteiger partial charge is 0.180 e. The predicted molar refractivity (Wildman–Crippen MR) is 124 cm³/mol. The number of nitrogens with two attached hydrogens (primary N) is 1. The Labute approximate surface area is 176 Å². The van der Waals surface area contributed by atoms with Gasteiger partial charge in [0.2, 0.25) is 0 Å². The largest absolute Gasteiger partial charge is 0.456 e. The molecule has 3 rings (SSSR count). The Hall–Kier alpha value is -3.05. The van der Waals surface area contributed by atoms with Crippen molar-refractivity contribution in [3.05, 3.63) is 95.6 Å². The molecule has 0 fully saturated rings. The van der Waals surface area contributed by atoms with Gasteiger partial charge in [-0.2, -0.15) is 5.10 Å². The normalized spacial score (nSPS) is 11.9. The summed E-state index contributed by atoms with van der Waals surface area (Å²) in [6.07, 6.45) is 1.67. The third kappa shape index (κ3) is 6.22. The molecule has 0 heterocycles. The van der Waals surface area contributed by atoms with Gasteiger partial charge >= 0.3 is 0 Å². The van der Waals surface area contributed by atoms with Crippen molar-refractivity contribution in [1.29, 1.82) is 0 Å². The maximum Gasteiger partial charge on any atom is 0.180 e. The summed E-state index contributed by atoms with van der Waals surface area (Å²) in [5, 5.41) is 8.68. The van der Waals surface area contributed by atoms with Crippen LogP contribution in [-0.2, 0) is 5.75 Å². The van der Waals surface area contributed by atoms with Crippen molar-refractivity contribution in [3.8, 4) is 11.5 Å². The van der Waals surface area contributed by atoms with E-state index >= 15 is 0 Å². The molecule has 0 spiro atoms. The van der Waals surface area contributed by atoms with Gasteiger partial charge in [0.1, 0.15) is 11.5 Å². The molecule has 29 heavy (non-hydrogen) atoms. The number of hydrogen-bond acceptors (Lipinski definition) is 4. The number of amidine groups is 1. The van der Waals surface area contributed by atoms with E-state index in [4.69, 9.17) is 10.5 Å². The van der Waals surface area contributed by atoms with Crippen LogP contribution in [0.2, 0.25) is 0 Å². The molecule has 0 aliphatic rings. The summed E-state index contributed by atoms with van der Waals surface area (Å²) in [5.41, 5.74) is 9.17. The maximum atomic E-state index is 6.19. The van der Waals surface area contributed by atoms with Gasteiger partial charge in [-0.3, -0.25) is 0 Å². The molecule has 4 nitrogen and oxygen atoms in total. The molecule has 0 atom stereocenters. The third-order valence-electron chi connectivity index (χ3n) is 4.26. The predicted octanol–water partition coefficient (Wildman–Crippen LogP) is 6.18. The van der Waals surface area contributed by atoms with E-state index in [0.29, 0.717) is 11.1 Å². The minimum atomic E-state index is 0.373. The Kier molecular flexibility index (Phi) is 7.47. The first-order chi connectivity index (χ1) is 14.1. The molecule has 0 aromatic heterocycles. The van der Waals surface area contributed by atoms with Crippen molar-refractivity contribution in [2.75, 3.05) is 0 Å². The van der Waals surface area contributed by atoms with Crippen molar-refractivity contribution >= 4 is 23.1 Å². The maximum absolute atomic E-state index is 6.19. The molecule has 0 saturated heterocycles. The lowest BCUT2D eigenvalue weighted by molar-refractivity contribution is 0.472. The van der Waals surface area contributed by atoms with Gasteiger partial charge in [0, 0.05) is 11.3 Å². The highest BCUT2D eigenvalue weighted by molar-refractivity contribution is 8.13. The Morgan fingerprint density at radius 2 is 1.59 bits per heavy atom. The summed E-state index contributed by atoms with van der Waals surface area (Å²) in [5.74, 6) is 2.72. The molecular formula is C24H25N3OS. The van der Waals surface area contributed by atoms with Crippen LogP contribution in [0.5, 0.6) is 11.5 Å². The highest BCUT2D eigenvalue weighted by Crippen LogP contribution is 2.31. The highest BCUT2D eigenvalue weighted by Gasteiger charge is 2.09. The SMILES string of the molecule is CC(C)c1ccccc1Oc1ccccc1C=NN=C(N)SCc1ccccc1. The van der Waals surface area contributed by atoms with Crippen molar-refractivity contribution < 1.29 is 4.74 Å². The summed E-state index contributed by atoms with van der Waals surface area (Å²) in [4.78, 5) is 0. The molecular weight excluding hydrogens is 378 g/mol. The molecule has 0 unspecified atom stereocenters. The van der Waals surface area contributed by atoms with Crippen molar-refractivity contribution in [2.45, 2.75) is 25.5 Å². The molecule has 0 aliphatic carbocycles. The van der Waals surface area contributed by atoms with Crippen molar-refractivity contribution in [1.82, 2.24) is 0 Å². The first-order valence-corrected chi connectivity index (χ1v) is 10.5. The second-order valence-corrected chi connectivity index (χ2v) is 7.79. The second kappa shape index (κ2) is 10.5. The Balaban J connectivity index is 1.69. The van der Waals surface area contributed by atoms with Gasteiger partial charge in [-0.1, -0.05) is 86.3 Å². The van der Waals surface area contributed by atoms with Gasteiger partial charge in [-0.25, -0.2) is 0 Å². The van der Waals surface area contributed by atoms with E-state index in [9.17, 15) is 0 Å². The molecule has 3 aromatic carbocycles. The van der Waals surface area contributed by atoms with E-state index in [1.807, 2.05) is 60.7 Å². The van der Waals surface area contributed by atoms with Crippen LogP contribution in [0.1, 0.15) is 36.5 Å². The minimum absolute atomic E-state index is 0.373. The monoisotopic (exact) mass is 403 g/mol. The van der Waals surface area contributed by atoms with Gasteiger partial charge in [-0.15, -0.1) is 5.10 Å². The fourth-order valence-corrected chi connectivity index (χ4v) is 3.37. The number of benzene rings is 3. The van der Waals surface area contributed by atoms with Crippen LogP contribution >= 0.6 is 11.8 Å². The first-order valence-electron chi connectivity index (χ1n) is 9.52. The summed E-state index contributed by atoms with van der Waals surface area (Å²) in [7, 11) is 0.